The highest BCUT2D eigenvalue weighted by Gasteiger charge is 2.39. The van der Waals surface area contributed by atoms with Crippen LogP contribution < -0.4 is 5.32 Å². The highest BCUT2D eigenvalue weighted by molar-refractivity contribution is 5.96. The molecule has 2 aromatic carbocycles. The fourth-order valence-corrected chi connectivity index (χ4v) is 3.91. The molecule has 2 atom stereocenters. The highest BCUT2D eigenvalue weighted by Crippen LogP contribution is 2.29. The minimum atomic E-state index is -0.574. The van der Waals surface area contributed by atoms with Gasteiger partial charge in [-0.15, -0.1) is 0 Å². The van der Waals surface area contributed by atoms with Gasteiger partial charge in [-0.1, -0.05) is 54.6 Å². The Kier molecular flexibility index (Phi) is 5.63. The number of pyridine rings is 1. The first-order chi connectivity index (χ1) is 14.8. The molecule has 0 aliphatic carbocycles. The number of fused-ring (bicyclic) bond motifs is 1. The zero-order valence-electron chi connectivity index (χ0n) is 18.0. The fraction of sp³-hybridized carbons (Fsp3) is 0.320. The molecule has 160 valence electrons. The summed E-state index contributed by atoms with van der Waals surface area (Å²) in [6.07, 6.45) is 1.34. The molecule has 1 fully saturated rings. The molecule has 1 N–H and O–H groups in total. The van der Waals surface area contributed by atoms with Crippen LogP contribution in [0.1, 0.15) is 42.7 Å². The lowest BCUT2D eigenvalue weighted by Gasteiger charge is -2.24. The summed E-state index contributed by atoms with van der Waals surface area (Å²) in [6.45, 7) is 6.41. The maximum atomic E-state index is 13.0. The summed E-state index contributed by atoms with van der Waals surface area (Å²) in [5, 5.41) is 5.05. The van der Waals surface area contributed by atoms with Crippen molar-refractivity contribution in [2.24, 2.45) is 0 Å². The third-order valence-corrected chi connectivity index (χ3v) is 5.38. The molecule has 0 unspecified atom stereocenters. The van der Waals surface area contributed by atoms with Crippen LogP contribution in [0.15, 0.2) is 66.9 Å². The molecule has 2 amide bonds. The summed E-state index contributed by atoms with van der Waals surface area (Å²) in [7, 11) is 0. The van der Waals surface area contributed by atoms with Crippen LogP contribution in [0.5, 0.6) is 0 Å². The van der Waals surface area contributed by atoms with Crippen LogP contribution in [0, 0.1) is 0 Å². The zero-order chi connectivity index (χ0) is 22.0. The average molecular weight is 418 g/mol. The molecular weight excluding hydrogens is 390 g/mol. The number of carbonyl (C=O) groups is 2. The standard InChI is InChI=1S/C25H27N3O3/c1-25(2,3)31-24(30)28-15-20(17-9-5-4-6-10-17)22(16-28)27-23(29)21-13-18-11-7-8-12-19(18)14-26-21/h4-14,20,22H,15-16H2,1-3H3,(H,27,29)/t20-,22+/m0/s1. The number of nitrogens with one attached hydrogen (secondary N) is 1. The number of carbonyl (C=O) groups excluding carboxylic acids is 2. The lowest BCUT2D eigenvalue weighted by molar-refractivity contribution is 0.0288. The molecule has 3 aromatic rings. The minimum absolute atomic E-state index is 0.0295. The van der Waals surface area contributed by atoms with Crippen LogP contribution in [0.2, 0.25) is 0 Å². The molecule has 6 heteroatoms. The smallest absolute Gasteiger partial charge is 0.410 e. The van der Waals surface area contributed by atoms with Crippen molar-refractivity contribution in [2.75, 3.05) is 13.1 Å². The number of nitrogens with zero attached hydrogens (tertiary/aromatic N) is 2. The molecular formula is C25H27N3O3. The predicted molar refractivity (Wildman–Crippen MR) is 120 cm³/mol. The maximum absolute atomic E-state index is 13.0. The second-order valence-electron chi connectivity index (χ2n) is 8.90. The summed E-state index contributed by atoms with van der Waals surface area (Å²) >= 11 is 0. The first-order valence-electron chi connectivity index (χ1n) is 10.5. The first kappa shape index (κ1) is 20.8. The van der Waals surface area contributed by atoms with Gasteiger partial charge in [0.25, 0.3) is 5.91 Å². The maximum Gasteiger partial charge on any atom is 0.410 e. The van der Waals surface area contributed by atoms with Crippen LogP contribution in [0.3, 0.4) is 0 Å². The molecule has 1 aliphatic rings. The van der Waals surface area contributed by atoms with Crippen molar-refractivity contribution in [3.05, 3.63) is 78.1 Å². The molecule has 0 saturated carbocycles. The van der Waals surface area contributed by atoms with Gasteiger partial charge in [-0.05, 0) is 37.8 Å². The summed E-state index contributed by atoms with van der Waals surface area (Å²) in [5.41, 5.74) is 0.863. The fourth-order valence-electron chi connectivity index (χ4n) is 3.91. The highest BCUT2D eigenvalue weighted by atomic mass is 16.6. The average Bonchev–Trinajstić information content (AvgIpc) is 3.17. The topological polar surface area (TPSA) is 71.5 Å². The van der Waals surface area contributed by atoms with Gasteiger partial charge in [-0.2, -0.15) is 0 Å². The van der Waals surface area contributed by atoms with Crippen molar-refractivity contribution in [3.8, 4) is 0 Å². The van der Waals surface area contributed by atoms with Gasteiger partial charge in [0, 0.05) is 30.6 Å². The van der Waals surface area contributed by atoms with Gasteiger partial charge >= 0.3 is 6.09 Å². The van der Waals surface area contributed by atoms with Crippen molar-refractivity contribution in [1.29, 1.82) is 0 Å². The van der Waals surface area contributed by atoms with E-state index in [4.69, 9.17) is 4.74 Å². The normalized spacial score (nSPS) is 18.7. The molecule has 0 spiro atoms. The van der Waals surface area contributed by atoms with E-state index >= 15 is 0 Å². The van der Waals surface area contributed by atoms with Gasteiger partial charge in [-0.3, -0.25) is 9.78 Å². The monoisotopic (exact) mass is 417 g/mol. The number of amides is 2. The second kappa shape index (κ2) is 8.38. The summed E-state index contributed by atoms with van der Waals surface area (Å²) in [4.78, 5) is 31.7. The van der Waals surface area contributed by atoms with E-state index in [1.54, 1.807) is 17.2 Å². The van der Waals surface area contributed by atoms with Crippen molar-refractivity contribution >= 4 is 22.8 Å². The van der Waals surface area contributed by atoms with Gasteiger partial charge in [-0.25, -0.2) is 4.79 Å². The van der Waals surface area contributed by atoms with E-state index in [0.29, 0.717) is 18.8 Å². The first-order valence-corrected chi connectivity index (χ1v) is 10.5. The van der Waals surface area contributed by atoms with Crippen LogP contribution in [-0.2, 0) is 4.74 Å². The van der Waals surface area contributed by atoms with Gasteiger partial charge < -0.3 is 15.0 Å². The molecule has 1 aromatic heterocycles. The van der Waals surface area contributed by atoms with Crippen molar-refractivity contribution in [1.82, 2.24) is 15.2 Å². The molecule has 6 nitrogen and oxygen atoms in total. The largest absolute Gasteiger partial charge is 0.444 e. The van der Waals surface area contributed by atoms with Gasteiger partial charge in [0.2, 0.25) is 0 Å². The van der Waals surface area contributed by atoms with E-state index in [0.717, 1.165) is 16.3 Å². The molecule has 0 bridgehead atoms. The summed E-state index contributed by atoms with van der Waals surface area (Å²) in [6, 6.07) is 19.3. The summed E-state index contributed by atoms with van der Waals surface area (Å²) < 4.78 is 5.55. The number of hydrogen-bond donors (Lipinski definition) is 1. The van der Waals surface area contributed by atoms with Gasteiger partial charge in [0.15, 0.2) is 0 Å². The van der Waals surface area contributed by atoms with E-state index in [9.17, 15) is 9.59 Å². The Hall–Kier alpha value is -3.41. The number of ether oxygens (including phenoxy) is 1. The Balaban J connectivity index is 1.55. The van der Waals surface area contributed by atoms with E-state index < -0.39 is 5.60 Å². The Labute approximate surface area is 182 Å². The lowest BCUT2D eigenvalue weighted by atomic mass is 9.94. The van der Waals surface area contributed by atoms with Crippen LogP contribution in [0.25, 0.3) is 10.8 Å². The van der Waals surface area contributed by atoms with Crippen molar-refractivity contribution in [3.63, 3.8) is 0 Å². The molecule has 0 radical (unpaired) electrons. The molecule has 2 heterocycles. The third-order valence-electron chi connectivity index (χ3n) is 5.38. The number of aromatic nitrogens is 1. The SMILES string of the molecule is CC(C)(C)OC(=O)N1C[C@@H](NC(=O)c2cc3ccccc3cn2)[C@H](c2ccccc2)C1. The van der Waals surface area contributed by atoms with Crippen molar-refractivity contribution in [2.45, 2.75) is 38.3 Å². The van der Waals surface area contributed by atoms with Crippen LogP contribution >= 0.6 is 0 Å². The van der Waals surface area contributed by atoms with E-state index in [-0.39, 0.29) is 24.0 Å². The Bertz CT molecular complexity index is 1090. The van der Waals surface area contributed by atoms with E-state index in [1.165, 1.54) is 0 Å². The van der Waals surface area contributed by atoms with Crippen LogP contribution in [-0.4, -0.2) is 46.6 Å². The molecule has 4 rings (SSSR count). The number of benzene rings is 2. The lowest BCUT2D eigenvalue weighted by Crippen LogP contribution is -2.41. The quantitative estimate of drug-likeness (QED) is 0.687. The Morgan fingerprint density at radius 1 is 1.00 bits per heavy atom. The van der Waals surface area contributed by atoms with Crippen LogP contribution in [0.4, 0.5) is 4.79 Å². The van der Waals surface area contributed by atoms with Gasteiger partial charge in [0.1, 0.15) is 11.3 Å². The zero-order valence-corrected chi connectivity index (χ0v) is 18.0. The minimum Gasteiger partial charge on any atom is -0.444 e. The number of likely N-dealkylation sites (tertiary alicyclic amines) is 1. The Morgan fingerprint density at radius 3 is 2.39 bits per heavy atom. The molecule has 31 heavy (non-hydrogen) atoms. The molecule has 1 aliphatic heterocycles. The summed E-state index contributed by atoms with van der Waals surface area (Å²) in [5.74, 6) is -0.277. The van der Waals surface area contributed by atoms with E-state index in [1.807, 2.05) is 75.4 Å². The third kappa shape index (κ3) is 4.85. The van der Waals surface area contributed by atoms with Crippen molar-refractivity contribution < 1.29 is 14.3 Å². The van der Waals surface area contributed by atoms with E-state index in [2.05, 4.69) is 10.3 Å². The number of rotatable bonds is 3. The Morgan fingerprint density at radius 2 is 1.68 bits per heavy atom. The van der Waals surface area contributed by atoms with Gasteiger partial charge in [0.05, 0.1) is 6.04 Å². The second-order valence-corrected chi connectivity index (χ2v) is 8.90. The predicted octanol–water partition coefficient (Wildman–Crippen LogP) is 4.37. The number of hydrogen-bond acceptors (Lipinski definition) is 4. The molecule has 1 saturated heterocycles.